The maximum Gasteiger partial charge on any atom is 0.191 e. The van der Waals surface area contributed by atoms with Crippen LogP contribution in [0.1, 0.15) is 30.8 Å². The second-order valence-corrected chi connectivity index (χ2v) is 6.16. The molecule has 0 unspecified atom stereocenters. The van der Waals surface area contributed by atoms with Crippen LogP contribution >= 0.6 is 23.1 Å². The monoisotopic (exact) mass is 281 g/mol. The number of hydrogen-bond donors (Lipinski definition) is 1. The number of aryl methyl sites for hydroxylation is 1. The van der Waals surface area contributed by atoms with Crippen molar-refractivity contribution in [3.05, 3.63) is 16.9 Å². The topological polar surface area (TPSA) is 69.6 Å². The molecule has 2 aromatic rings. The third kappa shape index (κ3) is 2.51. The third-order valence-electron chi connectivity index (χ3n) is 2.99. The van der Waals surface area contributed by atoms with Crippen molar-refractivity contribution in [1.29, 1.82) is 0 Å². The first-order valence-corrected chi connectivity index (χ1v) is 7.94. The van der Waals surface area contributed by atoms with Crippen molar-refractivity contribution in [3.8, 4) is 0 Å². The molecule has 3 rings (SSSR count). The predicted molar refractivity (Wildman–Crippen MR) is 73.7 cm³/mol. The molecule has 7 heteroatoms. The van der Waals surface area contributed by atoms with E-state index in [1.165, 1.54) is 30.6 Å². The van der Waals surface area contributed by atoms with E-state index in [-0.39, 0.29) is 0 Å². The normalized spacial score (nSPS) is 15.3. The van der Waals surface area contributed by atoms with Gasteiger partial charge >= 0.3 is 0 Å². The van der Waals surface area contributed by atoms with Crippen molar-refractivity contribution >= 4 is 28.2 Å². The smallest absolute Gasteiger partial charge is 0.191 e. The van der Waals surface area contributed by atoms with Gasteiger partial charge < -0.3 is 10.3 Å². The molecular formula is C11H15N5S2. The standard InChI is InChI=1S/C11H15N5S2/c12-10-13-8(6-17-10)7-18-11-15-14-9-4-2-1-3-5-16(9)11/h6H,1-5,7H2,(H2,12,13). The van der Waals surface area contributed by atoms with Gasteiger partial charge in [0.25, 0.3) is 0 Å². The Morgan fingerprint density at radius 2 is 2.28 bits per heavy atom. The molecule has 96 valence electrons. The van der Waals surface area contributed by atoms with Gasteiger partial charge in [-0.05, 0) is 12.8 Å². The first kappa shape index (κ1) is 12.0. The van der Waals surface area contributed by atoms with Crippen molar-refractivity contribution < 1.29 is 0 Å². The van der Waals surface area contributed by atoms with Crippen molar-refractivity contribution in [2.45, 2.75) is 43.1 Å². The van der Waals surface area contributed by atoms with Crippen LogP contribution in [-0.4, -0.2) is 19.7 Å². The molecule has 0 saturated carbocycles. The van der Waals surface area contributed by atoms with Crippen molar-refractivity contribution in [2.75, 3.05) is 5.73 Å². The number of nitrogen functional groups attached to an aromatic ring is 1. The van der Waals surface area contributed by atoms with E-state index in [1.807, 2.05) is 5.38 Å². The summed E-state index contributed by atoms with van der Waals surface area (Å²) in [5, 5.41) is 12.2. The molecule has 1 aliphatic rings. The molecule has 0 aliphatic carbocycles. The van der Waals surface area contributed by atoms with Gasteiger partial charge in [-0.15, -0.1) is 21.5 Å². The van der Waals surface area contributed by atoms with Crippen LogP contribution in [0.3, 0.4) is 0 Å². The first-order chi connectivity index (χ1) is 8.83. The quantitative estimate of drug-likeness (QED) is 0.874. The lowest BCUT2D eigenvalue weighted by Crippen LogP contribution is -2.02. The van der Waals surface area contributed by atoms with Crippen LogP contribution in [0.4, 0.5) is 5.13 Å². The summed E-state index contributed by atoms with van der Waals surface area (Å²) in [6, 6.07) is 0. The molecule has 2 N–H and O–H groups in total. The van der Waals surface area contributed by atoms with Crippen LogP contribution in [-0.2, 0) is 18.7 Å². The number of rotatable bonds is 3. The number of thioether (sulfide) groups is 1. The van der Waals surface area contributed by atoms with Crippen LogP contribution in [0.25, 0.3) is 0 Å². The number of aromatic nitrogens is 4. The van der Waals surface area contributed by atoms with Gasteiger partial charge in [-0.2, -0.15) is 0 Å². The maximum absolute atomic E-state index is 5.62. The van der Waals surface area contributed by atoms with Gasteiger partial charge in [0.15, 0.2) is 10.3 Å². The lowest BCUT2D eigenvalue weighted by Gasteiger charge is -2.05. The highest BCUT2D eigenvalue weighted by atomic mass is 32.2. The minimum atomic E-state index is 0.630. The number of nitrogens with two attached hydrogens (primary N) is 1. The van der Waals surface area contributed by atoms with E-state index >= 15 is 0 Å². The molecule has 0 aromatic carbocycles. The second kappa shape index (κ2) is 5.27. The van der Waals surface area contributed by atoms with Crippen LogP contribution in [0.5, 0.6) is 0 Å². The zero-order valence-electron chi connectivity index (χ0n) is 10.0. The number of anilines is 1. The largest absolute Gasteiger partial charge is 0.375 e. The fourth-order valence-electron chi connectivity index (χ4n) is 2.09. The van der Waals surface area contributed by atoms with E-state index in [4.69, 9.17) is 5.73 Å². The lowest BCUT2D eigenvalue weighted by molar-refractivity contribution is 0.591. The minimum Gasteiger partial charge on any atom is -0.375 e. The molecule has 0 saturated heterocycles. The molecule has 0 amide bonds. The Hall–Kier alpha value is -1.08. The SMILES string of the molecule is Nc1nc(CSc2nnc3n2CCCCC3)cs1. The maximum atomic E-state index is 5.62. The van der Waals surface area contributed by atoms with Crippen molar-refractivity contribution in [2.24, 2.45) is 0 Å². The molecule has 5 nitrogen and oxygen atoms in total. The number of nitrogens with zero attached hydrogens (tertiary/aromatic N) is 4. The molecule has 0 radical (unpaired) electrons. The lowest BCUT2D eigenvalue weighted by atomic mass is 10.2. The zero-order chi connectivity index (χ0) is 12.4. The average molecular weight is 281 g/mol. The van der Waals surface area contributed by atoms with Gasteiger partial charge in [0.2, 0.25) is 0 Å². The van der Waals surface area contributed by atoms with E-state index in [1.54, 1.807) is 11.8 Å². The summed E-state index contributed by atoms with van der Waals surface area (Å²) in [6.07, 6.45) is 4.79. The highest BCUT2D eigenvalue weighted by Gasteiger charge is 2.15. The van der Waals surface area contributed by atoms with Gasteiger partial charge in [0.05, 0.1) is 5.69 Å². The highest BCUT2D eigenvalue weighted by Crippen LogP contribution is 2.25. The molecule has 0 bridgehead atoms. The Labute approximate surface area is 114 Å². The van der Waals surface area contributed by atoms with Crippen molar-refractivity contribution in [3.63, 3.8) is 0 Å². The Bertz CT molecular complexity index is 533. The summed E-state index contributed by atoms with van der Waals surface area (Å²) < 4.78 is 2.26. The third-order valence-corrected chi connectivity index (χ3v) is 4.72. The van der Waals surface area contributed by atoms with Gasteiger partial charge in [-0.25, -0.2) is 4.98 Å². The highest BCUT2D eigenvalue weighted by molar-refractivity contribution is 7.98. The molecular weight excluding hydrogens is 266 g/mol. The molecule has 0 atom stereocenters. The molecule has 0 spiro atoms. The van der Waals surface area contributed by atoms with Gasteiger partial charge in [-0.3, -0.25) is 0 Å². The molecule has 18 heavy (non-hydrogen) atoms. The zero-order valence-corrected chi connectivity index (χ0v) is 11.6. The second-order valence-electron chi connectivity index (χ2n) is 4.33. The Balaban J connectivity index is 1.71. The molecule has 2 aromatic heterocycles. The fraction of sp³-hybridized carbons (Fsp3) is 0.545. The first-order valence-electron chi connectivity index (χ1n) is 6.07. The summed E-state index contributed by atoms with van der Waals surface area (Å²) in [5.41, 5.74) is 6.65. The summed E-state index contributed by atoms with van der Waals surface area (Å²) in [6.45, 7) is 1.05. The van der Waals surface area contributed by atoms with Crippen LogP contribution in [0, 0.1) is 0 Å². The fourth-order valence-corrected chi connectivity index (χ4v) is 3.64. The van der Waals surface area contributed by atoms with Crippen LogP contribution in [0.2, 0.25) is 0 Å². The van der Waals surface area contributed by atoms with E-state index in [0.717, 1.165) is 35.4 Å². The average Bonchev–Trinajstić information content (AvgIpc) is 2.87. The number of hydrogen-bond acceptors (Lipinski definition) is 6. The summed E-state index contributed by atoms with van der Waals surface area (Å²) in [5.74, 6) is 1.94. The van der Waals surface area contributed by atoms with E-state index in [9.17, 15) is 0 Å². The summed E-state index contributed by atoms with van der Waals surface area (Å²) in [4.78, 5) is 4.26. The van der Waals surface area contributed by atoms with Gasteiger partial charge in [0.1, 0.15) is 5.82 Å². The summed E-state index contributed by atoms with van der Waals surface area (Å²) in [7, 11) is 0. The Morgan fingerprint density at radius 1 is 1.33 bits per heavy atom. The molecule has 3 heterocycles. The molecule has 0 fully saturated rings. The van der Waals surface area contributed by atoms with E-state index < -0.39 is 0 Å². The Kier molecular flexibility index (Phi) is 3.51. The minimum absolute atomic E-state index is 0.630. The Morgan fingerprint density at radius 3 is 3.11 bits per heavy atom. The number of thiazole rings is 1. The van der Waals surface area contributed by atoms with Crippen molar-refractivity contribution in [1.82, 2.24) is 19.7 Å². The van der Waals surface area contributed by atoms with E-state index in [0.29, 0.717) is 5.13 Å². The number of fused-ring (bicyclic) bond motifs is 1. The van der Waals surface area contributed by atoms with Crippen LogP contribution in [0.15, 0.2) is 10.5 Å². The molecule has 1 aliphatic heterocycles. The van der Waals surface area contributed by atoms with E-state index in [2.05, 4.69) is 19.7 Å². The van der Waals surface area contributed by atoms with Crippen LogP contribution < -0.4 is 5.73 Å². The van der Waals surface area contributed by atoms with Gasteiger partial charge in [-0.1, -0.05) is 18.2 Å². The summed E-state index contributed by atoms with van der Waals surface area (Å²) >= 11 is 3.18. The predicted octanol–water partition coefficient (Wildman–Crippen LogP) is 2.34. The van der Waals surface area contributed by atoms with Gasteiger partial charge in [0, 0.05) is 24.1 Å².